The Hall–Kier alpha value is -2.96. The highest BCUT2D eigenvalue weighted by atomic mass is 16.6. The fourth-order valence-corrected chi connectivity index (χ4v) is 1.66. The molecule has 20 heavy (non-hydrogen) atoms. The fourth-order valence-electron chi connectivity index (χ4n) is 1.66. The highest BCUT2D eigenvalue weighted by Gasteiger charge is 2.15. The number of nitrogen functional groups attached to an aromatic ring is 1. The normalized spacial score (nSPS) is 10.1. The van der Waals surface area contributed by atoms with Crippen LogP contribution in [0.25, 0.3) is 0 Å². The second-order valence-corrected chi connectivity index (χ2v) is 4.06. The van der Waals surface area contributed by atoms with Crippen LogP contribution < -0.4 is 10.5 Å². The second kappa shape index (κ2) is 5.35. The van der Waals surface area contributed by atoms with Crippen molar-refractivity contribution in [3.63, 3.8) is 0 Å². The Balaban J connectivity index is 2.35. The molecule has 0 spiro atoms. The van der Waals surface area contributed by atoms with Crippen LogP contribution in [-0.2, 0) is 0 Å². The van der Waals surface area contributed by atoms with Crippen LogP contribution in [0.1, 0.15) is 11.1 Å². The second-order valence-electron chi connectivity index (χ2n) is 4.06. The molecule has 0 saturated carbocycles. The van der Waals surface area contributed by atoms with Crippen LogP contribution in [0.4, 0.5) is 5.69 Å². The number of benzene rings is 1. The van der Waals surface area contributed by atoms with E-state index in [4.69, 9.17) is 15.9 Å². The summed E-state index contributed by atoms with van der Waals surface area (Å²) in [5.41, 5.74) is 6.24. The molecular weight excluding hydrogens is 260 g/mol. The van der Waals surface area contributed by atoms with Crippen molar-refractivity contribution < 1.29 is 9.66 Å². The fraction of sp³-hybridized carbons (Fsp3) is 0.0769. The SMILES string of the molecule is Cc1c(Oc2cc(C(=N)N)ccn2)cccc1[N+](=O)[O-]. The molecule has 0 bridgehead atoms. The van der Waals surface area contributed by atoms with Crippen LogP contribution in [0, 0.1) is 22.4 Å². The molecule has 0 aliphatic rings. The molecule has 0 radical (unpaired) electrons. The van der Waals surface area contributed by atoms with Gasteiger partial charge < -0.3 is 10.5 Å². The largest absolute Gasteiger partial charge is 0.438 e. The molecule has 102 valence electrons. The number of aromatic nitrogens is 1. The van der Waals surface area contributed by atoms with Gasteiger partial charge in [-0.1, -0.05) is 6.07 Å². The molecule has 0 unspecified atom stereocenters. The number of amidine groups is 1. The Labute approximate surface area is 114 Å². The van der Waals surface area contributed by atoms with Gasteiger partial charge in [-0.05, 0) is 19.1 Å². The van der Waals surface area contributed by atoms with Crippen LogP contribution in [-0.4, -0.2) is 15.7 Å². The maximum Gasteiger partial charge on any atom is 0.276 e. The summed E-state index contributed by atoms with van der Waals surface area (Å²) in [6.07, 6.45) is 1.46. The standard InChI is InChI=1S/C13H12N4O3/c1-8-10(17(18)19)3-2-4-11(8)20-12-7-9(13(14)15)5-6-16-12/h2-7H,1H3,(H3,14,15). The van der Waals surface area contributed by atoms with Crippen molar-refractivity contribution in [3.05, 3.63) is 57.8 Å². The molecule has 3 N–H and O–H groups in total. The first-order valence-corrected chi connectivity index (χ1v) is 5.71. The van der Waals surface area contributed by atoms with Crippen molar-refractivity contribution in [2.45, 2.75) is 6.92 Å². The minimum Gasteiger partial charge on any atom is -0.438 e. The van der Waals surface area contributed by atoms with E-state index >= 15 is 0 Å². The summed E-state index contributed by atoms with van der Waals surface area (Å²) >= 11 is 0. The summed E-state index contributed by atoms with van der Waals surface area (Å²) in [5.74, 6) is 0.460. The Morgan fingerprint density at radius 1 is 1.45 bits per heavy atom. The molecule has 7 heteroatoms. The van der Waals surface area contributed by atoms with Crippen LogP contribution in [0.5, 0.6) is 11.6 Å². The first-order chi connectivity index (χ1) is 9.49. The average Bonchev–Trinajstić information content (AvgIpc) is 2.41. The van der Waals surface area contributed by atoms with E-state index in [1.807, 2.05) is 0 Å². The number of rotatable bonds is 4. The predicted molar refractivity (Wildman–Crippen MR) is 73.2 cm³/mol. The first kappa shape index (κ1) is 13.5. The lowest BCUT2D eigenvalue weighted by molar-refractivity contribution is -0.385. The minimum absolute atomic E-state index is 0.0229. The number of nitrogens with one attached hydrogen (secondary N) is 1. The number of hydrogen-bond acceptors (Lipinski definition) is 5. The zero-order chi connectivity index (χ0) is 14.7. The van der Waals surface area contributed by atoms with E-state index in [-0.39, 0.29) is 17.4 Å². The molecule has 2 aromatic rings. The van der Waals surface area contributed by atoms with E-state index in [9.17, 15) is 10.1 Å². The lowest BCUT2D eigenvalue weighted by atomic mass is 10.2. The summed E-state index contributed by atoms with van der Waals surface area (Å²) < 4.78 is 5.52. The van der Waals surface area contributed by atoms with Gasteiger partial charge in [0.1, 0.15) is 11.6 Å². The van der Waals surface area contributed by atoms with Crippen molar-refractivity contribution in [3.8, 4) is 11.6 Å². The predicted octanol–water partition coefficient (Wildman–Crippen LogP) is 2.37. The third-order valence-corrected chi connectivity index (χ3v) is 2.71. The maximum absolute atomic E-state index is 10.9. The molecular formula is C13H12N4O3. The Bertz CT molecular complexity index is 685. The van der Waals surface area contributed by atoms with E-state index in [1.165, 1.54) is 24.4 Å². The summed E-state index contributed by atoms with van der Waals surface area (Å²) in [6.45, 7) is 1.60. The van der Waals surface area contributed by atoms with Crippen LogP contribution in [0.2, 0.25) is 0 Å². The van der Waals surface area contributed by atoms with Gasteiger partial charge in [0.2, 0.25) is 5.88 Å². The van der Waals surface area contributed by atoms with Gasteiger partial charge in [0.05, 0.1) is 10.5 Å². The number of nitrogens with two attached hydrogens (primary N) is 1. The van der Waals surface area contributed by atoms with Crippen molar-refractivity contribution in [1.82, 2.24) is 4.98 Å². The van der Waals surface area contributed by atoms with E-state index in [2.05, 4.69) is 4.98 Å². The van der Waals surface area contributed by atoms with Gasteiger partial charge in [-0.2, -0.15) is 0 Å². The third kappa shape index (κ3) is 2.72. The molecule has 7 nitrogen and oxygen atoms in total. The van der Waals surface area contributed by atoms with Crippen LogP contribution in [0.15, 0.2) is 36.5 Å². The molecule has 0 aliphatic heterocycles. The van der Waals surface area contributed by atoms with Crippen LogP contribution >= 0.6 is 0 Å². The molecule has 1 aromatic carbocycles. The van der Waals surface area contributed by atoms with Gasteiger partial charge in [0.15, 0.2) is 0 Å². The number of nitrogens with zero attached hydrogens (tertiary/aromatic N) is 2. The maximum atomic E-state index is 10.9. The Kier molecular flexibility index (Phi) is 3.60. The Morgan fingerprint density at radius 3 is 2.85 bits per heavy atom. The lowest BCUT2D eigenvalue weighted by Gasteiger charge is -2.08. The highest BCUT2D eigenvalue weighted by Crippen LogP contribution is 2.30. The number of pyridine rings is 1. The lowest BCUT2D eigenvalue weighted by Crippen LogP contribution is -2.11. The summed E-state index contributed by atoms with van der Waals surface area (Å²) in [4.78, 5) is 14.4. The van der Waals surface area contributed by atoms with Gasteiger partial charge in [0, 0.05) is 23.9 Å². The van der Waals surface area contributed by atoms with Crippen molar-refractivity contribution in [2.24, 2.45) is 5.73 Å². The highest BCUT2D eigenvalue weighted by molar-refractivity contribution is 5.95. The summed E-state index contributed by atoms with van der Waals surface area (Å²) in [5, 5.41) is 18.2. The molecule has 0 saturated heterocycles. The molecule has 1 heterocycles. The van der Waals surface area contributed by atoms with Crippen LogP contribution in [0.3, 0.4) is 0 Å². The van der Waals surface area contributed by atoms with Gasteiger partial charge in [-0.25, -0.2) is 4.98 Å². The van der Waals surface area contributed by atoms with Gasteiger partial charge in [0.25, 0.3) is 5.69 Å². The number of nitro groups is 1. The van der Waals surface area contributed by atoms with E-state index < -0.39 is 4.92 Å². The van der Waals surface area contributed by atoms with E-state index in [0.717, 1.165) is 0 Å². The number of hydrogen-bond donors (Lipinski definition) is 2. The van der Waals surface area contributed by atoms with Crippen molar-refractivity contribution in [1.29, 1.82) is 5.41 Å². The quantitative estimate of drug-likeness (QED) is 0.383. The van der Waals surface area contributed by atoms with Crippen molar-refractivity contribution in [2.75, 3.05) is 0 Å². The zero-order valence-corrected chi connectivity index (χ0v) is 10.7. The van der Waals surface area contributed by atoms with Crippen molar-refractivity contribution >= 4 is 11.5 Å². The minimum atomic E-state index is -0.471. The molecule has 0 atom stereocenters. The number of ether oxygens (including phenoxy) is 1. The smallest absolute Gasteiger partial charge is 0.276 e. The molecule has 0 fully saturated rings. The third-order valence-electron chi connectivity index (χ3n) is 2.71. The summed E-state index contributed by atoms with van der Waals surface area (Å²) in [7, 11) is 0. The molecule has 0 aliphatic carbocycles. The van der Waals surface area contributed by atoms with Gasteiger partial charge in [-0.15, -0.1) is 0 Å². The zero-order valence-electron chi connectivity index (χ0n) is 10.7. The van der Waals surface area contributed by atoms with Gasteiger partial charge in [-0.3, -0.25) is 15.5 Å². The molecule has 0 amide bonds. The van der Waals surface area contributed by atoms with E-state index in [1.54, 1.807) is 19.1 Å². The monoisotopic (exact) mass is 272 g/mol. The Morgan fingerprint density at radius 2 is 2.20 bits per heavy atom. The first-order valence-electron chi connectivity index (χ1n) is 5.71. The number of nitro benzene ring substituents is 1. The molecule has 1 aromatic heterocycles. The molecule has 2 rings (SSSR count). The topological polar surface area (TPSA) is 115 Å². The van der Waals surface area contributed by atoms with Gasteiger partial charge >= 0.3 is 0 Å². The van der Waals surface area contributed by atoms with E-state index in [0.29, 0.717) is 16.9 Å². The summed E-state index contributed by atoms with van der Waals surface area (Å²) in [6, 6.07) is 7.64. The average molecular weight is 272 g/mol.